The van der Waals surface area contributed by atoms with E-state index in [-0.39, 0.29) is 21.3 Å². The first-order valence-corrected chi connectivity index (χ1v) is 9.03. The number of carbonyl (C=O) groups excluding carboxylic acids is 1. The van der Waals surface area contributed by atoms with Crippen molar-refractivity contribution in [2.45, 2.75) is 11.8 Å². The molecule has 0 heterocycles. The van der Waals surface area contributed by atoms with Gasteiger partial charge in [0.25, 0.3) is 11.6 Å². The molecule has 4 N–H and O–H groups in total. The third-order valence-corrected chi connectivity index (χ3v) is 4.47. The van der Waals surface area contributed by atoms with Crippen LogP contribution in [-0.4, -0.2) is 24.4 Å². The molecule has 1 amide bonds. The van der Waals surface area contributed by atoms with Crippen molar-refractivity contribution < 1.29 is 18.1 Å². The molecule has 26 heavy (non-hydrogen) atoms. The Balaban J connectivity index is 2.05. The average molecular weight is 394 g/mol. The van der Waals surface area contributed by atoms with E-state index in [1.165, 1.54) is 42.5 Å². The van der Waals surface area contributed by atoms with Crippen molar-refractivity contribution >= 4 is 44.6 Å². The number of sulfonamides is 1. The molecule has 0 spiro atoms. The SMILES string of the molecule is Cc1cc([N+](=O)[O-])ccc1C(=O)NC(=S)Nc1ccc(S(N)(=O)=O)cc1. The third kappa shape index (κ3) is 4.81. The van der Waals surface area contributed by atoms with Crippen LogP contribution in [0.25, 0.3) is 0 Å². The lowest BCUT2D eigenvalue weighted by Gasteiger charge is -2.11. The van der Waals surface area contributed by atoms with Crippen LogP contribution in [0.1, 0.15) is 15.9 Å². The Bertz CT molecular complexity index is 988. The Morgan fingerprint density at radius 2 is 1.81 bits per heavy atom. The molecule has 0 fully saturated rings. The van der Waals surface area contributed by atoms with Crippen LogP contribution in [0.2, 0.25) is 0 Å². The van der Waals surface area contributed by atoms with Gasteiger partial charge in [0.2, 0.25) is 10.0 Å². The number of nitrogens with two attached hydrogens (primary N) is 1. The molecule has 0 saturated carbocycles. The lowest BCUT2D eigenvalue weighted by Crippen LogP contribution is -2.34. The minimum Gasteiger partial charge on any atom is -0.332 e. The molecule has 0 aliphatic heterocycles. The first-order valence-electron chi connectivity index (χ1n) is 7.08. The fraction of sp³-hybridized carbons (Fsp3) is 0.0667. The van der Waals surface area contributed by atoms with Crippen molar-refractivity contribution in [3.63, 3.8) is 0 Å². The number of rotatable bonds is 4. The first-order chi connectivity index (χ1) is 12.1. The molecule has 2 aromatic rings. The molecule has 0 aromatic heterocycles. The van der Waals surface area contributed by atoms with Crippen LogP contribution in [0.3, 0.4) is 0 Å². The summed E-state index contributed by atoms with van der Waals surface area (Å²) in [4.78, 5) is 22.4. The zero-order valence-electron chi connectivity index (χ0n) is 13.4. The number of primary sulfonamides is 1. The molecule has 0 saturated heterocycles. The fourth-order valence-corrected chi connectivity index (χ4v) is 2.80. The summed E-state index contributed by atoms with van der Waals surface area (Å²) < 4.78 is 22.4. The van der Waals surface area contributed by atoms with Gasteiger partial charge in [0.1, 0.15) is 0 Å². The standard InChI is InChI=1S/C15H14N4O5S2/c1-9-8-11(19(21)22)4-7-13(9)14(20)18-15(25)17-10-2-5-12(6-3-10)26(16,23)24/h2-8H,1H3,(H2,16,23,24)(H2,17,18,20,25). The van der Waals surface area contributed by atoms with Crippen molar-refractivity contribution in [3.05, 3.63) is 63.7 Å². The van der Waals surface area contributed by atoms with E-state index in [4.69, 9.17) is 17.4 Å². The van der Waals surface area contributed by atoms with Gasteiger partial charge < -0.3 is 5.32 Å². The van der Waals surface area contributed by atoms with Gasteiger partial charge >= 0.3 is 0 Å². The highest BCUT2D eigenvalue weighted by molar-refractivity contribution is 7.89. The van der Waals surface area contributed by atoms with Crippen LogP contribution in [0, 0.1) is 17.0 Å². The maximum Gasteiger partial charge on any atom is 0.269 e. The normalized spacial score (nSPS) is 10.8. The molecule has 136 valence electrons. The van der Waals surface area contributed by atoms with Gasteiger partial charge in [-0.2, -0.15) is 0 Å². The summed E-state index contributed by atoms with van der Waals surface area (Å²) in [5.74, 6) is -0.531. The van der Waals surface area contributed by atoms with Crippen LogP contribution in [0.5, 0.6) is 0 Å². The summed E-state index contributed by atoms with van der Waals surface area (Å²) in [6.07, 6.45) is 0. The highest BCUT2D eigenvalue weighted by atomic mass is 32.2. The van der Waals surface area contributed by atoms with Crippen LogP contribution in [0.4, 0.5) is 11.4 Å². The Morgan fingerprint density at radius 1 is 1.19 bits per heavy atom. The van der Waals surface area contributed by atoms with Gasteiger partial charge in [-0.1, -0.05) is 0 Å². The second-order valence-electron chi connectivity index (χ2n) is 5.23. The molecule has 0 aliphatic rings. The number of non-ortho nitro benzene ring substituents is 1. The number of nitrogens with one attached hydrogen (secondary N) is 2. The van der Waals surface area contributed by atoms with E-state index in [0.29, 0.717) is 11.3 Å². The topological polar surface area (TPSA) is 144 Å². The molecule has 0 aliphatic carbocycles. The number of amides is 1. The Morgan fingerprint density at radius 3 is 2.31 bits per heavy atom. The zero-order valence-corrected chi connectivity index (χ0v) is 15.1. The molecule has 0 unspecified atom stereocenters. The van der Waals surface area contributed by atoms with Gasteiger partial charge in [0.05, 0.1) is 9.82 Å². The third-order valence-electron chi connectivity index (χ3n) is 3.33. The Labute approximate surface area is 154 Å². The van der Waals surface area contributed by atoms with Crippen molar-refractivity contribution in [1.82, 2.24) is 5.32 Å². The predicted octanol–water partition coefficient (Wildman–Crippen LogP) is 1.68. The zero-order chi connectivity index (χ0) is 19.5. The van der Waals surface area contributed by atoms with Crippen LogP contribution in [0.15, 0.2) is 47.4 Å². The van der Waals surface area contributed by atoms with E-state index in [1.54, 1.807) is 6.92 Å². The summed E-state index contributed by atoms with van der Waals surface area (Å²) in [7, 11) is -3.80. The quantitative estimate of drug-likeness (QED) is 0.406. The van der Waals surface area contributed by atoms with Crippen molar-refractivity contribution in [2.24, 2.45) is 5.14 Å². The van der Waals surface area contributed by atoms with Gasteiger partial charge in [0.15, 0.2) is 5.11 Å². The number of thiocarbonyl (C=S) groups is 1. The molecule has 0 bridgehead atoms. The number of anilines is 1. The lowest BCUT2D eigenvalue weighted by atomic mass is 10.1. The number of benzene rings is 2. The summed E-state index contributed by atoms with van der Waals surface area (Å²) in [5, 5.41) is 20.9. The lowest BCUT2D eigenvalue weighted by molar-refractivity contribution is -0.384. The van der Waals surface area contributed by atoms with Crippen molar-refractivity contribution in [2.75, 3.05) is 5.32 Å². The predicted molar refractivity (Wildman–Crippen MR) is 99.3 cm³/mol. The number of aryl methyl sites for hydroxylation is 1. The summed E-state index contributed by atoms with van der Waals surface area (Å²) in [6, 6.07) is 9.32. The smallest absolute Gasteiger partial charge is 0.269 e. The minimum absolute atomic E-state index is 0.0175. The summed E-state index contributed by atoms with van der Waals surface area (Å²) in [6.45, 7) is 1.57. The van der Waals surface area contributed by atoms with Crippen LogP contribution >= 0.6 is 12.2 Å². The molecule has 2 aromatic carbocycles. The van der Waals surface area contributed by atoms with E-state index in [1.807, 2.05) is 0 Å². The molecule has 11 heteroatoms. The van der Waals surface area contributed by atoms with E-state index in [0.717, 1.165) is 0 Å². The Hall–Kier alpha value is -2.89. The molecular weight excluding hydrogens is 380 g/mol. The van der Waals surface area contributed by atoms with Gasteiger partial charge in [-0.05, 0) is 55.0 Å². The van der Waals surface area contributed by atoms with E-state index >= 15 is 0 Å². The van der Waals surface area contributed by atoms with Gasteiger partial charge in [0, 0.05) is 23.4 Å². The van der Waals surface area contributed by atoms with Crippen molar-refractivity contribution in [3.8, 4) is 0 Å². The second kappa shape index (κ2) is 7.56. The summed E-state index contributed by atoms with van der Waals surface area (Å²) >= 11 is 5.03. The summed E-state index contributed by atoms with van der Waals surface area (Å²) in [5.41, 5.74) is 0.999. The average Bonchev–Trinajstić information content (AvgIpc) is 2.53. The van der Waals surface area contributed by atoms with E-state index < -0.39 is 20.9 Å². The molecule has 9 nitrogen and oxygen atoms in total. The molecular formula is C15H14N4O5S2. The van der Waals surface area contributed by atoms with Crippen molar-refractivity contribution in [1.29, 1.82) is 0 Å². The highest BCUT2D eigenvalue weighted by Gasteiger charge is 2.15. The monoisotopic (exact) mass is 394 g/mol. The molecule has 2 rings (SSSR count). The number of nitro benzene ring substituents is 1. The first kappa shape index (κ1) is 19.4. The number of hydrogen-bond donors (Lipinski definition) is 3. The maximum atomic E-state index is 12.2. The second-order valence-corrected chi connectivity index (χ2v) is 7.20. The number of hydrogen-bond acceptors (Lipinski definition) is 6. The minimum atomic E-state index is -3.80. The van der Waals surface area contributed by atoms with Gasteiger partial charge in [-0.25, -0.2) is 13.6 Å². The van der Waals surface area contributed by atoms with E-state index in [9.17, 15) is 23.3 Å². The fourth-order valence-electron chi connectivity index (χ4n) is 2.08. The number of carbonyl (C=O) groups is 1. The van der Waals surface area contributed by atoms with Crippen LogP contribution in [-0.2, 0) is 10.0 Å². The van der Waals surface area contributed by atoms with Gasteiger partial charge in [-0.3, -0.25) is 20.2 Å². The Kier molecular flexibility index (Phi) is 5.65. The highest BCUT2D eigenvalue weighted by Crippen LogP contribution is 2.17. The number of nitrogens with zero attached hydrogens (tertiary/aromatic N) is 1. The van der Waals surface area contributed by atoms with E-state index in [2.05, 4.69) is 10.6 Å². The molecule has 0 radical (unpaired) electrons. The number of nitro groups is 1. The van der Waals surface area contributed by atoms with Crippen LogP contribution < -0.4 is 15.8 Å². The van der Waals surface area contributed by atoms with Gasteiger partial charge in [-0.15, -0.1) is 0 Å². The molecule has 0 atom stereocenters. The maximum absolute atomic E-state index is 12.2. The largest absolute Gasteiger partial charge is 0.332 e.